The van der Waals surface area contributed by atoms with Crippen LogP contribution in [0, 0.1) is 13.8 Å². The quantitative estimate of drug-likeness (QED) is 0.627. The molecular formula is C23H31N7O. The number of likely N-dealkylation sites (N-methyl/N-ethyl adjacent to an activating group) is 1. The van der Waals surface area contributed by atoms with Gasteiger partial charge in [0, 0.05) is 50.5 Å². The van der Waals surface area contributed by atoms with Gasteiger partial charge in [-0.2, -0.15) is 10.1 Å². The average molecular weight is 422 g/mol. The lowest BCUT2D eigenvalue weighted by Crippen LogP contribution is -2.47. The van der Waals surface area contributed by atoms with Crippen LogP contribution in [0.4, 0.5) is 0 Å². The van der Waals surface area contributed by atoms with Crippen LogP contribution in [-0.2, 0) is 11.2 Å². The lowest BCUT2D eigenvalue weighted by molar-refractivity contribution is -0.122. The SMILES string of the molecule is Cc1nc2ncnn2c(C)c1CCC(=O)NC(CN1CCN(C)CC1)c1ccccc1. The highest BCUT2D eigenvalue weighted by atomic mass is 16.1. The minimum absolute atomic E-state index is 0.0183. The van der Waals surface area contributed by atoms with Crippen molar-refractivity contribution in [2.24, 2.45) is 0 Å². The van der Waals surface area contributed by atoms with Crippen molar-refractivity contribution in [3.63, 3.8) is 0 Å². The first-order valence-electron chi connectivity index (χ1n) is 10.9. The van der Waals surface area contributed by atoms with E-state index in [0.29, 0.717) is 18.6 Å². The van der Waals surface area contributed by atoms with Crippen LogP contribution in [0.25, 0.3) is 5.78 Å². The molecule has 4 rings (SSSR count). The van der Waals surface area contributed by atoms with E-state index in [1.165, 1.54) is 6.33 Å². The fourth-order valence-corrected chi connectivity index (χ4v) is 4.23. The minimum Gasteiger partial charge on any atom is -0.348 e. The Bertz CT molecular complexity index is 1030. The van der Waals surface area contributed by atoms with Crippen molar-refractivity contribution < 1.29 is 4.79 Å². The van der Waals surface area contributed by atoms with Gasteiger partial charge in [-0.1, -0.05) is 30.3 Å². The number of nitrogens with one attached hydrogen (secondary N) is 1. The average Bonchev–Trinajstić information content (AvgIpc) is 3.24. The predicted octanol–water partition coefficient (Wildman–Crippen LogP) is 1.78. The third-order valence-corrected chi connectivity index (χ3v) is 6.16. The number of aryl methyl sites for hydroxylation is 2. The third kappa shape index (κ3) is 5.08. The highest BCUT2D eigenvalue weighted by molar-refractivity contribution is 5.76. The maximum absolute atomic E-state index is 12.9. The van der Waals surface area contributed by atoms with Gasteiger partial charge in [-0.3, -0.25) is 9.69 Å². The summed E-state index contributed by atoms with van der Waals surface area (Å²) in [5.74, 6) is 0.653. The molecule has 0 saturated carbocycles. The number of aromatic nitrogens is 4. The number of carbonyl (C=O) groups is 1. The first kappa shape index (κ1) is 21.4. The molecule has 1 unspecified atom stereocenters. The molecule has 0 aliphatic carbocycles. The standard InChI is InChI=1S/C23H31N7O/c1-17-20(18(2)30-23(26-17)24-16-25-30)9-10-22(31)27-21(19-7-5-4-6-8-19)15-29-13-11-28(3)12-14-29/h4-8,16,21H,9-15H2,1-3H3,(H,27,31). The second-order valence-electron chi connectivity index (χ2n) is 8.37. The van der Waals surface area contributed by atoms with E-state index in [9.17, 15) is 4.79 Å². The van der Waals surface area contributed by atoms with Crippen molar-refractivity contribution in [3.05, 3.63) is 59.2 Å². The molecule has 1 aliphatic heterocycles. The highest BCUT2D eigenvalue weighted by Gasteiger charge is 2.21. The zero-order chi connectivity index (χ0) is 21.8. The smallest absolute Gasteiger partial charge is 0.252 e. The van der Waals surface area contributed by atoms with E-state index in [1.54, 1.807) is 4.52 Å². The van der Waals surface area contributed by atoms with Crippen molar-refractivity contribution in [1.29, 1.82) is 0 Å². The maximum Gasteiger partial charge on any atom is 0.252 e. The number of nitrogens with zero attached hydrogens (tertiary/aromatic N) is 6. The van der Waals surface area contributed by atoms with Gasteiger partial charge in [0.15, 0.2) is 0 Å². The second-order valence-corrected chi connectivity index (χ2v) is 8.37. The summed E-state index contributed by atoms with van der Waals surface area (Å²) in [5, 5.41) is 7.52. The highest BCUT2D eigenvalue weighted by Crippen LogP contribution is 2.18. The van der Waals surface area contributed by atoms with Crippen LogP contribution in [-0.4, -0.2) is 75.1 Å². The Morgan fingerprint density at radius 2 is 1.87 bits per heavy atom. The van der Waals surface area contributed by atoms with Gasteiger partial charge in [-0.25, -0.2) is 9.50 Å². The molecule has 1 N–H and O–H groups in total. The van der Waals surface area contributed by atoms with Gasteiger partial charge in [-0.15, -0.1) is 0 Å². The summed E-state index contributed by atoms with van der Waals surface area (Å²) in [5.41, 5.74) is 4.10. The van der Waals surface area contributed by atoms with E-state index in [4.69, 9.17) is 0 Å². The van der Waals surface area contributed by atoms with Crippen LogP contribution < -0.4 is 5.32 Å². The summed E-state index contributed by atoms with van der Waals surface area (Å²) in [4.78, 5) is 26.4. The molecule has 2 aromatic heterocycles. The summed E-state index contributed by atoms with van der Waals surface area (Å²) in [7, 11) is 2.16. The van der Waals surface area contributed by atoms with Crippen LogP contribution >= 0.6 is 0 Å². The number of hydrogen-bond donors (Lipinski definition) is 1. The van der Waals surface area contributed by atoms with Crippen LogP contribution in [0.5, 0.6) is 0 Å². The molecule has 8 heteroatoms. The molecular weight excluding hydrogens is 390 g/mol. The minimum atomic E-state index is -0.0183. The molecule has 31 heavy (non-hydrogen) atoms. The summed E-state index contributed by atoms with van der Waals surface area (Å²) >= 11 is 0. The Labute approximate surface area is 183 Å². The lowest BCUT2D eigenvalue weighted by atomic mass is 10.0. The van der Waals surface area contributed by atoms with E-state index in [-0.39, 0.29) is 11.9 Å². The Morgan fingerprint density at radius 1 is 1.13 bits per heavy atom. The molecule has 1 fully saturated rings. The summed E-state index contributed by atoms with van der Waals surface area (Å²) < 4.78 is 1.74. The number of carbonyl (C=O) groups excluding carboxylic acids is 1. The molecule has 1 aromatic carbocycles. The van der Waals surface area contributed by atoms with Gasteiger partial charge < -0.3 is 10.2 Å². The molecule has 1 saturated heterocycles. The van der Waals surface area contributed by atoms with Crippen LogP contribution in [0.3, 0.4) is 0 Å². The number of amides is 1. The van der Waals surface area contributed by atoms with Gasteiger partial charge in [0.2, 0.25) is 5.91 Å². The van der Waals surface area contributed by atoms with Crippen molar-refractivity contribution in [2.75, 3.05) is 39.8 Å². The van der Waals surface area contributed by atoms with E-state index in [0.717, 1.165) is 55.2 Å². The van der Waals surface area contributed by atoms with E-state index in [1.807, 2.05) is 32.0 Å². The number of hydrogen-bond acceptors (Lipinski definition) is 6. The molecule has 1 atom stereocenters. The molecule has 164 valence electrons. The van der Waals surface area contributed by atoms with Crippen LogP contribution in [0.2, 0.25) is 0 Å². The summed E-state index contributed by atoms with van der Waals surface area (Å²) in [6.45, 7) is 8.97. The Morgan fingerprint density at radius 3 is 2.61 bits per heavy atom. The van der Waals surface area contributed by atoms with Crippen molar-refractivity contribution in [1.82, 2.24) is 34.7 Å². The second kappa shape index (κ2) is 9.53. The molecule has 0 radical (unpaired) electrons. The fourth-order valence-electron chi connectivity index (χ4n) is 4.23. The van der Waals surface area contributed by atoms with E-state index in [2.05, 4.69) is 49.4 Å². The van der Waals surface area contributed by atoms with Crippen molar-refractivity contribution in [2.45, 2.75) is 32.7 Å². The molecule has 1 amide bonds. The van der Waals surface area contributed by atoms with E-state index >= 15 is 0 Å². The summed E-state index contributed by atoms with van der Waals surface area (Å²) in [6.07, 6.45) is 2.55. The van der Waals surface area contributed by atoms with E-state index < -0.39 is 0 Å². The molecule has 0 spiro atoms. The van der Waals surface area contributed by atoms with Gasteiger partial charge >= 0.3 is 0 Å². The van der Waals surface area contributed by atoms with Gasteiger partial charge in [0.05, 0.1) is 6.04 Å². The number of benzene rings is 1. The first-order valence-corrected chi connectivity index (χ1v) is 10.9. The number of rotatable bonds is 7. The fraction of sp³-hybridized carbons (Fsp3) is 0.478. The first-order chi connectivity index (χ1) is 15.0. The van der Waals surface area contributed by atoms with Crippen LogP contribution in [0.15, 0.2) is 36.7 Å². The predicted molar refractivity (Wildman–Crippen MR) is 120 cm³/mol. The molecule has 3 heterocycles. The maximum atomic E-state index is 12.9. The largest absolute Gasteiger partial charge is 0.348 e. The Hall–Kier alpha value is -2.84. The topological polar surface area (TPSA) is 78.7 Å². The normalized spacial score (nSPS) is 16.5. The Kier molecular flexibility index (Phi) is 6.58. The zero-order valence-electron chi connectivity index (χ0n) is 18.6. The third-order valence-electron chi connectivity index (χ3n) is 6.16. The van der Waals surface area contributed by atoms with Crippen molar-refractivity contribution >= 4 is 11.7 Å². The monoisotopic (exact) mass is 421 g/mol. The summed E-state index contributed by atoms with van der Waals surface area (Å²) in [6, 6.07) is 10.2. The molecule has 8 nitrogen and oxygen atoms in total. The Balaban J connectivity index is 1.43. The van der Waals surface area contributed by atoms with Crippen LogP contribution in [0.1, 0.15) is 35.0 Å². The van der Waals surface area contributed by atoms with Gasteiger partial charge in [0.25, 0.3) is 5.78 Å². The molecule has 0 bridgehead atoms. The van der Waals surface area contributed by atoms with Crippen molar-refractivity contribution in [3.8, 4) is 0 Å². The zero-order valence-corrected chi connectivity index (χ0v) is 18.6. The molecule has 3 aromatic rings. The van der Waals surface area contributed by atoms with Gasteiger partial charge in [0.1, 0.15) is 6.33 Å². The van der Waals surface area contributed by atoms with Gasteiger partial charge in [-0.05, 0) is 38.4 Å². The molecule has 1 aliphatic rings. The number of piperazine rings is 1. The lowest BCUT2D eigenvalue weighted by Gasteiger charge is -2.35. The number of fused-ring (bicyclic) bond motifs is 1.